The fourth-order valence-electron chi connectivity index (χ4n) is 1.89. The lowest BCUT2D eigenvalue weighted by Crippen LogP contribution is -2.23. The van der Waals surface area contributed by atoms with Crippen LogP contribution in [0, 0.1) is 18.8 Å². The van der Waals surface area contributed by atoms with Crippen LogP contribution in [-0.4, -0.2) is 25.1 Å². The second-order valence-corrected chi connectivity index (χ2v) is 6.99. The number of rotatable bonds is 8. The van der Waals surface area contributed by atoms with Crippen LogP contribution < -0.4 is 10.2 Å². The minimum absolute atomic E-state index is 0.695. The monoisotopic (exact) mass is 283 g/mol. The predicted molar refractivity (Wildman–Crippen MR) is 86.1 cm³/mol. The maximum absolute atomic E-state index is 4.70. The molecule has 0 aromatic carbocycles. The van der Waals surface area contributed by atoms with Crippen LogP contribution in [-0.2, 0) is 6.54 Å². The van der Waals surface area contributed by atoms with Crippen LogP contribution in [0.1, 0.15) is 44.7 Å². The molecular weight excluding hydrogens is 254 g/mol. The van der Waals surface area contributed by atoms with Crippen molar-refractivity contribution in [3.8, 4) is 0 Å². The molecule has 1 aromatic heterocycles. The van der Waals surface area contributed by atoms with Crippen molar-refractivity contribution in [3.63, 3.8) is 0 Å². The van der Waals surface area contributed by atoms with Crippen LogP contribution in [0.15, 0.2) is 0 Å². The molecule has 0 aliphatic rings. The van der Waals surface area contributed by atoms with Crippen molar-refractivity contribution in [1.29, 1.82) is 0 Å². The summed E-state index contributed by atoms with van der Waals surface area (Å²) < 4.78 is 0. The fourth-order valence-corrected chi connectivity index (χ4v) is 2.89. The van der Waals surface area contributed by atoms with Gasteiger partial charge in [0.1, 0.15) is 0 Å². The molecule has 0 aliphatic carbocycles. The van der Waals surface area contributed by atoms with E-state index in [1.165, 1.54) is 17.0 Å². The Morgan fingerprint density at radius 1 is 1.32 bits per heavy atom. The summed E-state index contributed by atoms with van der Waals surface area (Å²) in [7, 11) is 2.15. The highest BCUT2D eigenvalue weighted by Gasteiger charge is 2.12. The van der Waals surface area contributed by atoms with Gasteiger partial charge < -0.3 is 10.2 Å². The van der Waals surface area contributed by atoms with Gasteiger partial charge in [0.25, 0.3) is 0 Å². The van der Waals surface area contributed by atoms with Gasteiger partial charge >= 0.3 is 0 Å². The van der Waals surface area contributed by atoms with Gasteiger partial charge in [-0.2, -0.15) is 0 Å². The van der Waals surface area contributed by atoms with E-state index in [1.807, 2.05) is 11.3 Å². The average Bonchev–Trinajstić information content (AvgIpc) is 2.70. The van der Waals surface area contributed by atoms with Gasteiger partial charge in [-0.3, -0.25) is 0 Å². The van der Waals surface area contributed by atoms with E-state index in [2.05, 4.69) is 51.9 Å². The Morgan fingerprint density at radius 2 is 2.00 bits per heavy atom. The first-order valence-electron chi connectivity index (χ1n) is 7.32. The Kier molecular flexibility index (Phi) is 6.80. The van der Waals surface area contributed by atoms with Gasteiger partial charge in [-0.15, -0.1) is 11.3 Å². The number of anilines is 1. The molecule has 1 heterocycles. The van der Waals surface area contributed by atoms with E-state index >= 15 is 0 Å². The Balaban J connectivity index is 2.57. The molecule has 0 fully saturated rings. The zero-order valence-electron chi connectivity index (χ0n) is 13.3. The molecular formula is C15H29N3S. The largest absolute Gasteiger partial charge is 0.351 e. The van der Waals surface area contributed by atoms with Crippen LogP contribution in [0.4, 0.5) is 5.13 Å². The van der Waals surface area contributed by atoms with E-state index in [9.17, 15) is 0 Å². The predicted octanol–water partition coefficient (Wildman–Crippen LogP) is 3.68. The molecule has 1 atom stereocenters. The van der Waals surface area contributed by atoms with Crippen LogP contribution in [0.25, 0.3) is 0 Å². The minimum Gasteiger partial charge on any atom is -0.351 e. The number of hydrogen-bond donors (Lipinski definition) is 1. The molecule has 1 rings (SSSR count). The Morgan fingerprint density at radius 3 is 2.58 bits per heavy atom. The van der Waals surface area contributed by atoms with Gasteiger partial charge in [0.05, 0.1) is 5.69 Å². The van der Waals surface area contributed by atoms with E-state index in [0.29, 0.717) is 5.92 Å². The molecule has 0 spiro atoms. The van der Waals surface area contributed by atoms with E-state index in [0.717, 1.165) is 30.7 Å². The van der Waals surface area contributed by atoms with Gasteiger partial charge in [-0.1, -0.05) is 34.1 Å². The van der Waals surface area contributed by atoms with Gasteiger partial charge in [-0.25, -0.2) is 4.98 Å². The zero-order valence-corrected chi connectivity index (χ0v) is 14.1. The highest BCUT2D eigenvalue weighted by atomic mass is 32.1. The molecule has 0 bridgehead atoms. The molecule has 0 saturated heterocycles. The fraction of sp³-hybridized carbons (Fsp3) is 0.800. The van der Waals surface area contributed by atoms with Crippen LogP contribution in [0.5, 0.6) is 0 Å². The summed E-state index contributed by atoms with van der Waals surface area (Å²) >= 11 is 1.82. The third-order valence-electron chi connectivity index (χ3n) is 3.33. The number of nitrogens with zero attached hydrogens (tertiary/aromatic N) is 2. The van der Waals surface area contributed by atoms with Crippen molar-refractivity contribution in [2.24, 2.45) is 11.8 Å². The molecule has 0 saturated carbocycles. The molecule has 1 unspecified atom stereocenters. The highest BCUT2D eigenvalue weighted by Crippen LogP contribution is 2.26. The van der Waals surface area contributed by atoms with Crippen LogP contribution >= 0.6 is 11.3 Å². The topological polar surface area (TPSA) is 28.2 Å². The Labute approximate surface area is 122 Å². The van der Waals surface area contributed by atoms with E-state index in [-0.39, 0.29) is 0 Å². The number of nitrogens with one attached hydrogen (secondary N) is 1. The first-order valence-corrected chi connectivity index (χ1v) is 8.13. The lowest BCUT2D eigenvalue weighted by Gasteiger charge is -2.19. The van der Waals surface area contributed by atoms with Gasteiger partial charge in [0, 0.05) is 25.0 Å². The summed E-state index contributed by atoms with van der Waals surface area (Å²) in [6, 6.07) is 0. The van der Waals surface area contributed by atoms with Crippen molar-refractivity contribution in [1.82, 2.24) is 10.3 Å². The first-order chi connectivity index (χ1) is 8.93. The maximum Gasteiger partial charge on any atom is 0.185 e. The second kappa shape index (κ2) is 7.85. The van der Waals surface area contributed by atoms with Crippen molar-refractivity contribution in [2.75, 3.05) is 25.0 Å². The third kappa shape index (κ3) is 5.49. The number of thiazole rings is 1. The normalized spacial score (nSPS) is 13.0. The van der Waals surface area contributed by atoms with E-state index < -0.39 is 0 Å². The molecule has 4 heteroatoms. The van der Waals surface area contributed by atoms with E-state index in [1.54, 1.807) is 0 Å². The van der Waals surface area contributed by atoms with Crippen molar-refractivity contribution in [3.05, 3.63) is 10.6 Å². The van der Waals surface area contributed by atoms with Gasteiger partial charge in [-0.05, 0) is 25.3 Å². The van der Waals surface area contributed by atoms with Gasteiger partial charge in [0.15, 0.2) is 5.13 Å². The SMILES string of the molecule is CCC(C)CN(C)c1nc(C)c(CNCC(C)C)s1. The quantitative estimate of drug-likeness (QED) is 0.789. The molecule has 1 N–H and O–H groups in total. The first kappa shape index (κ1) is 16.4. The summed E-state index contributed by atoms with van der Waals surface area (Å²) in [5, 5.41) is 4.65. The standard InChI is InChI=1S/C15H29N3S/c1-7-12(4)10-18(6)15-17-13(5)14(19-15)9-16-8-11(2)3/h11-12,16H,7-10H2,1-6H3. The maximum atomic E-state index is 4.70. The lowest BCUT2D eigenvalue weighted by atomic mass is 10.1. The summed E-state index contributed by atoms with van der Waals surface area (Å²) in [4.78, 5) is 8.36. The van der Waals surface area contributed by atoms with Gasteiger partial charge in [0.2, 0.25) is 0 Å². The van der Waals surface area contributed by atoms with E-state index in [4.69, 9.17) is 4.98 Å². The minimum atomic E-state index is 0.695. The third-order valence-corrected chi connectivity index (χ3v) is 4.60. The molecule has 0 amide bonds. The lowest BCUT2D eigenvalue weighted by molar-refractivity contribution is 0.554. The summed E-state index contributed by atoms with van der Waals surface area (Å²) in [5.74, 6) is 1.41. The molecule has 0 radical (unpaired) electrons. The Hall–Kier alpha value is -0.610. The smallest absolute Gasteiger partial charge is 0.185 e. The summed E-state index contributed by atoms with van der Waals surface area (Å²) in [6.07, 6.45) is 1.22. The van der Waals surface area contributed by atoms with Crippen LogP contribution in [0.3, 0.4) is 0 Å². The number of aromatic nitrogens is 1. The molecule has 110 valence electrons. The number of aryl methyl sites for hydroxylation is 1. The van der Waals surface area contributed by atoms with Crippen LogP contribution in [0.2, 0.25) is 0 Å². The summed E-state index contributed by atoms with van der Waals surface area (Å²) in [5.41, 5.74) is 1.17. The van der Waals surface area contributed by atoms with Crippen molar-refractivity contribution >= 4 is 16.5 Å². The number of hydrogen-bond acceptors (Lipinski definition) is 4. The second-order valence-electron chi connectivity index (χ2n) is 5.92. The van der Waals surface area contributed by atoms with Crippen molar-refractivity contribution in [2.45, 2.75) is 47.6 Å². The molecule has 19 heavy (non-hydrogen) atoms. The summed E-state index contributed by atoms with van der Waals surface area (Å²) in [6.45, 7) is 14.2. The molecule has 1 aromatic rings. The highest BCUT2D eigenvalue weighted by molar-refractivity contribution is 7.15. The average molecular weight is 283 g/mol. The van der Waals surface area contributed by atoms with Crippen molar-refractivity contribution < 1.29 is 0 Å². The zero-order chi connectivity index (χ0) is 14.4. The molecule has 0 aliphatic heterocycles. The molecule has 3 nitrogen and oxygen atoms in total. The Bertz CT molecular complexity index is 373.